The van der Waals surface area contributed by atoms with Crippen molar-refractivity contribution in [3.63, 3.8) is 0 Å². The van der Waals surface area contributed by atoms with Crippen LogP contribution in [0.4, 0.5) is 8.78 Å². The van der Waals surface area contributed by atoms with Gasteiger partial charge in [0, 0.05) is 36.8 Å². The van der Waals surface area contributed by atoms with Crippen molar-refractivity contribution in [1.29, 1.82) is 0 Å². The third-order valence-corrected chi connectivity index (χ3v) is 8.92. The Morgan fingerprint density at radius 3 is 2.57 bits per heavy atom. The minimum atomic E-state index is -3.48. The molecule has 4 N–H and O–H groups in total. The highest BCUT2D eigenvalue weighted by atomic mass is 32.2. The van der Waals surface area contributed by atoms with Gasteiger partial charge in [0.1, 0.15) is 22.5 Å². The SMILES string of the molecule is C[C@H]1C=CC(CNCc2ccccc2)=CC(c2cc(F)c3n[nH]c(-c4nc5c(-c6cc(F)cc(CNS(C)(=O)=O)c6)nccc5[nH]4)c3c2)=C1. The van der Waals surface area contributed by atoms with E-state index in [1.54, 1.807) is 18.3 Å². The fourth-order valence-electron chi connectivity index (χ4n) is 5.94. The number of fused-ring (bicyclic) bond motifs is 2. The third kappa shape index (κ3) is 7.26. The molecule has 0 saturated carbocycles. The van der Waals surface area contributed by atoms with E-state index >= 15 is 4.39 Å². The van der Waals surface area contributed by atoms with Crippen LogP contribution in [-0.4, -0.2) is 46.4 Å². The average molecular weight is 678 g/mol. The first-order chi connectivity index (χ1) is 23.6. The number of rotatable bonds is 10. The summed E-state index contributed by atoms with van der Waals surface area (Å²) >= 11 is 0. The van der Waals surface area contributed by atoms with Gasteiger partial charge in [0.15, 0.2) is 11.6 Å². The van der Waals surface area contributed by atoms with Gasteiger partial charge in [-0.25, -0.2) is 26.9 Å². The minimum Gasteiger partial charge on any atom is -0.337 e. The summed E-state index contributed by atoms with van der Waals surface area (Å²) < 4.78 is 55.9. The molecule has 0 aliphatic heterocycles. The van der Waals surface area contributed by atoms with Crippen molar-refractivity contribution in [1.82, 2.24) is 35.2 Å². The van der Waals surface area contributed by atoms with E-state index < -0.39 is 21.7 Å². The standard InChI is InChI=1S/C37H33F2N7O2S/c1-22-8-9-24(20-40-19-23-6-4-3-5-7-23)13-26(12-22)27-17-30-34(31(39)18-27)45-46-35(30)37-43-32-10-11-41-33(36(32)44-37)28-14-25(15-29(38)16-28)21-42-49(2,47)48/h3-18,22,40,42H,19-21H2,1-2H3,(H,43,44)(H,45,46)/t22-/m0/s1. The molecule has 0 spiro atoms. The Morgan fingerprint density at radius 2 is 1.76 bits per heavy atom. The van der Waals surface area contributed by atoms with Crippen molar-refractivity contribution in [3.8, 4) is 22.8 Å². The topological polar surface area (TPSA) is 128 Å². The van der Waals surface area contributed by atoms with Crippen LogP contribution in [0.5, 0.6) is 0 Å². The number of sulfonamides is 1. The average Bonchev–Trinajstić information content (AvgIpc) is 3.65. The van der Waals surface area contributed by atoms with Gasteiger partial charge in [-0.05, 0) is 70.2 Å². The van der Waals surface area contributed by atoms with Gasteiger partial charge >= 0.3 is 0 Å². The molecule has 3 aromatic heterocycles. The zero-order valence-electron chi connectivity index (χ0n) is 26.8. The van der Waals surface area contributed by atoms with E-state index in [0.29, 0.717) is 56.9 Å². The first kappa shape index (κ1) is 32.3. The Morgan fingerprint density at radius 1 is 0.918 bits per heavy atom. The van der Waals surface area contributed by atoms with E-state index in [4.69, 9.17) is 4.98 Å². The first-order valence-electron chi connectivity index (χ1n) is 15.7. The molecule has 7 rings (SSSR count). The Kier molecular flexibility index (Phi) is 8.76. The molecular formula is C37H33F2N7O2S. The van der Waals surface area contributed by atoms with E-state index in [0.717, 1.165) is 23.9 Å². The molecule has 248 valence electrons. The maximum Gasteiger partial charge on any atom is 0.209 e. The second-order valence-corrected chi connectivity index (χ2v) is 14.0. The molecule has 1 atom stereocenters. The number of aromatic nitrogens is 5. The molecule has 3 heterocycles. The third-order valence-electron chi connectivity index (χ3n) is 8.25. The lowest BCUT2D eigenvalue weighted by molar-refractivity contribution is 0.586. The molecule has 0 bridgehead atoms. The molecule has 1 aliphatic rings. The van der Waals surface area contributed by atoms with Gasteiger partial charge < -0.3 is 10.3 Å². The number of benzene rings is 3. The van der Waals surface area contributed by atoms with Crippen LogP contribution >= 0.6 is 0 Å². The molecule has 0 fully saturated rings. The van der Waals surface area contributed by atoms with Gasteiger partial charge in [-0.1, -0.05) is 61.6 Å². The second kappa shape index (κ2) is 13.3. The molecule has 0 unspecified atom stereocenters. The van der Waals surface area contributed by atoms with E-state index in [1.807, 2.05) is 24.3 Å². The molecule has 0 amide bonds. The number of nitrogens with zero attached hydrogens (tertiary/aromatic N) is 3. The first-order valence-corrected chi connectivity index (χ1v) is 17.6. The van der Waals surface area contributed by atoms with Crippen molar-refractivity contribution in [3.05, 3.63) is 131 Å². The van der Waals surface area contributed by atoms with E-state index in [1.165, 1.54) is 23.8 Å². The fourth-order valence-corrected chi connectivity index (χ4v) is 6.37. The van der Waals surface area contributed by atoms with Crippen molar-refractivity contribution < 1.29 is 17.2 Å². The minimum absolute atomic E-state index is 0.0778. The van der Waals surface area contributed by atoms with Gasteiger partial charge in [-0.3, -0.25) is 10.1 Å². The lowest BCUT2D eigenvalue weighted by atomic mass is 9.98. The summed E-state index contributed by atoms with van der Waals surface area (Å²) in [6.07, 6.45) is 11.0. The summed E-state index contributed by atoms with van der Waals surface area (Å²) in [6, 6.07) is 19.6. The monoisotopic (exact) mass is 677 g/mol. The number of hydrogen-bond acceptors (Lipinski definition) is 6. The van der Waals surface area contributed by atoms with Crippen LogP contribution in [0, 0.1) is 17.6 Å². The highest BCUT2D eigenvalue weighted by Crippen LogP contribution is 2.34. The van der Waals surface area contributed by atoms with E-state index in [2.05, 4.69) is 73.6 Å². The molecular weight excluding hydrogens is 645 g/mol. The number of imidazole rings is 1. The predicted octanol–water partition coefficient (Wildman–Crippen LogP) is 6.80. The molecule has 49 heavy (non-hydrogen) atoms. The van der Waals surface area contributed by atoms with Gasteiger partial charge in [0.2, 0.25) is 10.0 Å². The number of aromatic amines is 2. The van der Waals surface area contributed by atoms with Crippen LogP contribution in [0.25, 0.3) is 50.3 Å². The maximum atomic E-state index is 15.6. The number of halogens is 2. The van der Waals surface area contributed by atoms with Crippen molar-refractivity contribution in [2.24, 2.45) is 5.92 Å². The largest absolute Gasteiger partial charge is 0.337 e. The summed E-state index contributed by atoms with van der Waals surface area (Å²) in [5.74, 6) is -0.468. The summed E-state index contributed by atoms with van der Waals surface area (Å²) in [4.78, 5) is 12.6. The second-order valence-electron chi connectivity index (χ2n) is 12.2. The zero-order valence-corrected chi connectivity index (χ0v) is 27.6. The summed E-state index contributed by atoms with van der Waals surface area (Å²) in [7, 11) is -3.48. The summed E-state index contributed by atoms with van der Waals surface area (Å²) in [6.45, 7) is 3.39. The van der Waals surface area contributed by atoms with Gasteiger partial charge in [-0.15, -0.1) is 0 Å². The van der Waals surface area contributed by atoms with Crippen LogP contribution in [0.3, 0.4) is 0 Å². The number of nitrogens with one attached hydrogen (secondary N) is 4. The van der Waals surface area contributed by atoms with Crippen LogP contribution in [0.2, 0.25) is 0 Å². The summed E-state index contributed by atoms with van der Waals surface area (Å²) in [5.41, 5.74) is 6.89. The van der Waals surface area contributed by atoms with Gasteiger partial charge in [0.05, 0.1) is 17.5 Å². The van der Waals surface area contributed by atoms with Gasteiger partial charge in [0.25, 0.3) is 0 Å². The van der Waals surface area contributed by atoms with Gasteiger partial charge in [-0.2, -0.15) is 5.10 Å². The number of allylic oxidation sites excluding steroid dienone is 4. The lowest BCUT2D eigenvalue weighted by Gasteiger charge is -2.09. The maximum absolute atomic E-state index is 15.6. The predicted molar refractivity (Wildman–Crippen MR) is 189 cm³/mol. The molecule has 3 aromatic carbocycles. The molecule has 9 nitrogen and oxygen atoms in total. The molecule has 1 aliphatic carbocycles. The van der Waals surface area contributed by atoms with Crippen molar-refractivity contribution in [2.75, 3.05) is 12.8 Å². The van der Waals surface area contributed by atoms with E-state index in [9.17, 15) is 12.8 Å². The number of H-pyrrole nitrogens is 2. The lowest BCUT2D eigenvalue weighted by Crippen LogP contribution is -2.21. The van der Waals surface area contributed by atoms with Crippen LogP contribution in [0.15, 0.2) is 103 Å². The quantitative estimate of drug-likeness (QED) is 0.126. The molecule has 6 aromatic rings. The summed E-state index contributed by atoms with van der Waals surface area (Å²) in [5, 5.41) is 11.3. The fraction of sp³-hybridized carbons (Fsp3) is 0.162. The normalized spacial score (nSPS) is 15.1. The highest BCUT2D eigenvalue weighted by molar-refractivity contribution is 7.88. The zero-order chi connectivity index (χ0) is 34.1. The Hall–Kier alpha value is -5.30. The number of hydrogen-bond donors (Lipinski definition) is 4. The molecule has 0 saturated heterocycles. The Balaban J connectivity index is 1.22. The van der Waals surface area contributed by atoms with Crippen molar-refractivity contribution in [2.45, 2.75) is 20.0 Å². The Bertz CT molecular complexity index is 2400. The number of pyridine rings is 1. The smallest absolute Gasteiger partial charge is 0.209 e. The van der Waals surface area contributed by atoms with Crippen molar-refractivity contribution >= 4 is 37.5 Å². The molecule has 12 heteroatoms. The van der Waals surface area contributed by atoms with E-state index in [-0.39, 0.29) is 18.0 Å². The molecule has 0 radical (unpaired) electrons. The van der Waals surface area contributed by atoms with Crippen LogP contribution in [0.1, 0.15) is 23.6 Å². The van der Waals surface area contributed by atoms with Crippen LogP contribution in [-0.2, 0) is 23.1 Å². The van der Waals surface area contributed by atoms with Crippen LogP contribution < -0.4 is 10.0 Å². The highest BCUT2D eigenvalue weighted by Gasteiger charge is 2.20. The Labute approximate surface area is 282 Å².